The minimum atomic E-state index is -1.50. The Labute approximate surface area is 117 Å². The van der Waals surface area contributed by atoms with Gasteiger partial charge in [-0.05, 0) is 38.2 Å². The molecule has 0 saturated heterocycles. The molecule has 110 valence electrons. The molecule has 2 rings (SSSR count). The molecule has 1 fully saturated rings. The minimum absolute atomic E-state index is 0.0767. The molecule has 1 aromatic carbocycles. The number of benzene rings is 1. The van der Waals surface area contributed by atoms with Gasteiger partial charge in [-0.15, -0.1) is 0 Å². The lowest BCUT2D eigenvalue weighted by Crippen LogP contribution is -2.45. The Morgan fingerprint density at radius 3 is 2.45 bits per heavy atom. The van der Waals surface area contributed by atoms with Crippen LogP contribution in [0.4, 0.5) is 8.78 Å². The Kier molecular flexibility index (Phi) is 4.20. The van der Waals surface area contributed by atoms with Crippen molar-refractivity contribution in [3.8, 4) is 0 Å². The zero-order chi connectivity index (χ0) is 14.9. The Morgan fingerprint density at radius 2 is 1.90 bits per heavy atom. The number of rotatable bonds is 3. The molecule has 0 unspecified atom stereocenters. The lowest BCUT2D eigenvalue weighted by molar-refractivity contribution is -0.135. The Bertz CT molecular complexity index is 498. The van der Waals surface area contributed by atoms with Gasteiger partial charge in [-0.25, -0.2) is 8.78 Å². The maximum Gasteiger partial charge on any atom is 0.136 e. The van der Waals surface area contributed by atoms with Crippen LogP contribution in [0, 0.1) is 17.6 Å². The van der Waals surface area contributed by atoms with Gasteiger partial charge in [-0.3, -0.25) is 4.79 Å². The number of Topliss-reactive ketones (excluding diaryl/α,β-unsaturated/α-hetero) is 1. The smallest absolute Gasteiger partial charge is 0.136 e. The summed E-state index contributed by atoms with van der Waals surface area (Å²) in [5, 5.41) is 10.9. The van der Waals surface area contributed by atoms with E-state index in [-0.39, 0.29) is 23.7 Å². The van der Waals surface area contributed by atoms with Crippen LogP contribution >= 0.6 is 0 Å². The molecule has 1 aliphatic rings. The third-order valence-electron chi connectivity index (χ3n) is 3.86. The Balaban J connectivity index is 2.41. The van der Waals surface area contributed by atoms with E-state index in [1.165, 1.54) is 0 Å². The van der Waals surface area contributed by atoms with Crippen molar-refractivity contribution >= 4 is 5.78 Å². The van der Waals surface area contributed by atoms with Gasteiger partial charge in [-0.2, -0.15) is 0 Å². The number of hydrogen-bond acceptors (Lipinski definition) is 3. The summed E-state index contributed by atoms with van der Waals surface area (Å²) in [7, 11) is 3.73. The monoisotopic (exact) mass is 283 g/mol. The zero-order valence-corrected chi connectivity index (χ0v) is 11.7. The fourth-order valence-corrected chi connectivity index (χ4v) is 2.93. The van der Waals surface area contributed by atoms with E-state index in [1.807, 2.05) is 19.0 Å². The van der Waals surface area contributed by atoms with Gasteiger partial charge in [0.05, 0.1) is 0 Å². The minimum Gasteiger partial charge on any atom is -0.384 e. The van der Waals surface area contributed by atoms with E-state index in [2.05, 4.69) is 0 Å². The molecule has 0 heterocycles. The maximum atomic E-state index is 13.4. The highest BCUT2D eigenvalue weighted by atomic mass is 19.1. The molecule has 0 bridgehead atoms. The molecule has 0 amide bonds. The quantitative estimate of drug-likeness (QED) is 0.923. The topological polar surface area (TPSA) is 40.5 Å². The first-order valence-corrected chi connectivity index (χ1v) is 6.66. The van der Waals surface area contributed by atoms with E-state index in [9.17, 15) is 18.7 Å². The first-order chi connectivity index (χ1) is 9.31. The number of halogens is 2. The fraction of sp³-hybridized carbons (Fsp3) is 0.533. The van der Waals surface area contributed by atoms with E-state index >= 15 is 0 Å². The molecule has 1 aromatic rings. The highest BCUT2D eigenvalue weighted by Crippen LogP contribution is 2.41. The number of nitrogens with zero attached hydrogens (tertiary/aromatic N) is 1. The molecular weight excluding hydrogens is 264 g/mol. The van der Waals surface area contributed by atoms with E-state index in [0.717, 1.165) is 18.2 Å². The third-order valence-corrected chi connectivity index (χ3v) is 3.86. The first kappa shape index (κ1) is 15.1. The van der Waals surface area contributed by atoms with Gasteiger partial charge in [0.25, 0.3) is 0 Å². The van der Waals surface area contributed by atoms with Crippen LogP contribution < -0.4 is 0 Å². The van der Waals surface area contributed by atoms with Crippen LogP contribution in [-0.2, 0) is 10.4 Å². The number of hydrogen-bond donors (Lipinski definition) is 1. The molecule has 5 heteroatoms. The predicted octanol–water partition coefficient (Wildman–Crippen LogP) is 2.08. The van der Waals surface area contributed by atoms with Gasteiger partial charge in [0.15, 0.2) is 0 Å². The van der Waals surface area contributed by atoms with Gasteiger partial charge in [0.1, 0.15) is 23.0 Å². The second-order valence-corrected chi connectivity index (χ2v) is 5.80. The molecule has 2 atom stereocenters. The van der Waals surface area contributed by atoms with E-state index in [1.54, 1.807) is 0 Å². The zero-order valence-electron chi connectivity index (χ0n) is 11.7. The molecular formula is C15H19F2NO2. The number of aliphatic hydroxyl groups is 1. The van der Waals surface area contributed by atoms with Gasteiger partial charge in [-0.1, -0.05) is 0 Å². The molecule has 0 radical (unpaired) electrons. The van der Waals surface area contributed by atoms with Crippen LogP contribution in [0.3, 0.4) is 0 Å². The lowest BCUT2D eigenvalue weighted by Gasteiger charge is -2.41. The van der Waals surface area contributed by atoms with Gasteiger partial charge in [0.2, 0.25) is 0 Å². The summed E-state index contributed by atoms with van der Waals surface area (Å²) in [4.78, 5) is 13.6. The van der Waals surface area contributed by atoms with Crippen molar-refractivity contribution in [3.05, 3.63) is 35.4 Å². The molecule has 20 heavy (non-hydrogen) atoms. The summed E-state index contributed by atoms with van der Waals surface area (Å²) in [5.74, 6) is -1.78. The number of carbonyl (C=O) groups excluding carboxylic acids is 1. The van der Waals surface area contributed by atoms with Crippen LogP contribution in [0.1, 0.15) is 24.8 Å². The van der Waals surface area contributed by atoms with Crippen molar-refractivity contribution in [2.75, 3.05) is 20.6 Å². The van der Waals surface area contributed by atoms with Crippen molar-refractivity contribution in [1.82, 2.24) is 4.90 Å². The predicted molar refractivity (Wildman–Crippen MR) is 71.2 cm³/mol. The van der Waals surface area contributed by atoms with Crippen LogP contribution in [0.2, 0.25) is 0 Å². The third kappa shape index (κ3) is 3.04. The summed E-state index contributed by atoms with van der Waals surface area (Å²) in [6.45, 7) is 0.557. The Hall–Kier alpha value is -1.33. The molecule has 0 spiro atoms. The number of ketones is 1. The largest absolute Gasteiger partial charge is 0.384 e. The van der Waals surface area contributed by atoms with Crippen LogP contribution in [0.15, 0.2) is 18.2 Å². The van der Waals surface area contributed by atoms with Gasteiger partial charge >= 0.3 is 0 Å². The molecule has 1 N–H and O–H groups in total. The average molecular weight is 283 g/mol. The highest BCUT2D eigenvalue weighted by Gasteiger charge is 2.44. The molecule has 1 saturated carbocycles. The van der Waals surface area contributed by atoms with Crippen molar-refractivity contribution in [1.29, 1.82) is 0 Å². The number of carbonyl (C=O) groups is 1. The summed E-state index contributed by atoms with van der Waals surface area (Å²) < 4.78 is 26.8. The van der Waals surface area contributed by atoms with Gasteiger partial charge < -0.3 is 10.0 Å². The average Bonchev–Trinajstić information content (AvgIpc) is 2.31. The van der Waals surface area contributed by atoms with E-state index in [0.29, 0.717) is 19.4 Å². The van der Waals surface area contributed by atoms with Crippen LogP contribution in [-0.4, -0.2) is 36.4 Å². The summed E-state index contributed by atoms with van der Waals surface area (Å²) >= 11 is 0. The van der Waals surface area contributed by atoms with Crippen molar-refractivity contribution in [2.24, 2.45) is 5.92 Å². The molecule has 0 aromatic heterocycles. The Morgan fingerprint density at radius 1 is 1.30 bits per heavy atom. The molecule has 1 aliphatic carbocycles. The standard InChI is InChI=1S/C15H19F2NO2/c1-18(2)9-10-3-4-14(19)8-15(10,20)11-5-12(16)7-13(17)6-11/h5-7,10,20H,3-4,8-9H2,1-2H3/t10-,15+/m1/s1. The second kappa shape index (κ2) is 5.58. The van der Waals surface area contributed by atoms with Gasteiger partial charge in [0, 0.05) is 31.4 Å². The summed E-state index contributed by atoms with van der Waals surface area (Å²) in [6, 6.07) is 2.99. The SMILES string of the molecule is CN(C)C[C@H]1CCC(=O)C[C@@]1(O)c1cc(F)cc(F)c1. The molecule has 3 nitrogen and oxygen atoms in total. The van der Waals surface area contributed by atoms with Crippen LogP contribution in [0.25, 0.3) is 0 Å². The second-order valence-electron chi connectivity index (χ2n) is 5.80. The van der Waals surface area contributed by atoms with Crippen molar-refractivity contribution < 1.29 is 18.7 Å². The van der Waals surface area contributed by atoms with E-state index < -0.39 is 17.2 Å². The van der Waals surface area contributed by atoms with Crippen molar-refractivity contribution in [3.63, 3.8) is 0 Å². The first-order valence-electron chi connectivity index (χ1n) is 6.66. The summed E-state index contributed by atoms with van der Waals surface area (Å²) in [6.07, 6.45) is 0.832. The lowest BCUT2D eigenvalue weighted by atomic mass is 9.70. The highest BCUT2D eigenvalue weighted by molar-refractivity contribution is 5.80. The van der Waals surface area contributed by atoms with Crippen molar-refractivity contribution in [2.45, 2.75) is 24.9 Å². The summed E-state index contributed by atoms with van der Waals surface area (Å²) in [5.41, 5.74) is -1.35. The fourth-order valence-electron chi connectivity index (χ4n) is 2.93. The van der Waals surface area contributed by atoms with E-state index in [4.69, 9.17) is 0 Å². The van der Waals surface area contributed by atoms with Crippen LogP contribution in [0.5, 0.6) is 0 Å². The maximum absolute atomic E-state index is 13.4. The normalized spacial score (nSPS) is 27.1. The molecule has 0 aliphatic heterocycles.